The van der Waals surface area contributed by atoms with E-state index >= 15 is 0 Å². The predicted octanol–water partition coefficient (Wildman–Crippen LogP) is 2.29. The first-order chi connectivity index (χ1) is 12.9. The highest BCUT2D eigenvalue weighted by Crippen LogP contribution is 2.55. The predicted molar refractivity (Wildman–Crippen MR) is 105 cm³/mol. The number of sulfonamides is 1. The fourth-order valence-electron chi connectivity index (χ4n) is 4.58. The maximum absolute atomic E-state index is 12.2. The largest absolute Gasteiger partial charge is 0.355 e. The molecule has 1 atom stereocenters. The molecule has 1 amide bonds. The van der Waals surface area contributed by atoms with Crippen molar-refractivity contribution < 1.29 is 13.2 Å². The van der Waals surface area contributed by atoms with E-state index in [2.05, 4.69) is 53.8 Å². The van der Waals surface area contributed by atoms with Crippen molar-refractivity contribution in [3.05, 3.63) is 70.8 Å². The van der Waals surface area contributed by atoms with Crippen molar-refractivity contribution >= 4 is 15.9 Å². The van der Waals surface area contributed by atoms with Crippen LogP contribution >= 0.6 is 0 Å². The highest BCUT2D eigenvalue weighted by atomic mass is 32.2. The number of carbonyl (C=O) groups excluding carboxylic acids is 1. The summed E-state index contributed by atoms with van der Waals surface area (Å²) in [7, 11) is -1.94. The summed E-state index contributed by atoms with van der Waals surface area (Å²) in [4.78, 5) is 12.2. The van der Waals surface area contributed by atoms with E-state index < -0.39 is 10.0 Å². The van der Waals surface area contributed by atoms with Gasteiger partial charge < -0.3 is 5.32 Å². The van der Waals surface area contributed by atoms with Crippen LogP contribution in [0, 0.1) is 5.92 Å². The maximum atomic E-state index is 12.2. The number of likely N-dealkylation sites (N-methyl/N-ethyl adjacent to an activating group) is 1. The van der Waals surface area contributed by atoms with Crippen molar-refractivity contribution in [2.75, 3.05) is 26.4 Å². The fourth-order valence-corrected chi connectivity index (χ4v) is 4.93. The molecule has 0 heterocycles. The molecule has 1 N–H and O–H groups in total. The Hall–Kier alpha value is -2.18. The summed E-state index contributed by atoms with van der Waals surface area (Å²) in [6, 6.07) is 17.2. The summed E-state index contributed by atoms with van der Waals surface area (Å²) in [6.07, 6.45) is 2.11. The molecule has 1 unspecified atom stereocenters. The highest BCUT2D eigenvalue weighted by molar-refractivity contribution is 7.88. The number of hydrogen-bond donors (Lipinski definition) is 1. The lowest BCUT2D eigenvalue weighted by molar-refractivity contribution is -0.121. The van der Waals surface area contributed by atoms with Crippen LogP contribution in [0.1, 0.15) is 40.5 Å². The third kappa shape index (κ3) is 3.28. The Balaban J connectivity index is 1.54. The van der Waals surface area contributed by atoms with Crippen LogP contribution in [0.3, 0.4) is 0 Å². The van der Waals surface area contributed by atoms with Crippen molar-refractivity contribution in [1.82, 2.24) is 9.62 Å². The van der Waals surface area contributed by atoms with Crippen LogP contribution in [0.2, 0.25) is 0 Å². The molecular weight excluding hydrogens is 360 g/mol. The van der Waals surface area contributed by atoms with E-state index in [1.54, 1.807) is 0 Å². The van der Waals surface area contributed by atoms with E-state index in [4.69, 9.17) is 0 Å². The molecule has 0 radical (unpaired) electrons. The van der Waals surface area contributed by atoms with Crippen molar-refractivity contribution in [3.63, 3.8) is 0 Å². The Morgan fingerprint density at radius 2 is 1.56 bits per heavy atom. The molecule has 3 aliphatic rings. The van der Waals surface area contributed by atoms with Gasteiger partial charge in [-0.15, -0.1) is 0 Å². The van der Waals surface area contributed by atoms with Gasteiger partial charge in [-0.1, -0.05) is 48.5 Å². The smallest absolute Gasteiger partial charge is 0.235 e. The molecule has 2 bridgehead atoms. The van der Waals surface area contributed by atoms with E-state index in [1.165, 1.54) is 29.3 Å². The first-order valence-electron chi connectivity index (χ1n) is 9.22. The lowest BCUT2D eigenvalue weighted by Gasteiger charge is -2.45. The number of nitrogens with one attached hydrogen (secondary N) is 1. The Labute approximate surface area is 160 Å². The van der Waals surface area contributed by atoms with Gasteiger partial charge in [-0.25, -0.2) is 8.42 Å². The average Bonchev–Trinajstić information content (AvgIpc) is 2.66. The number of fused-ring (bicyclic) bond motifs is 1. The van der Waals surface area contributed by atoms with E-state index in [-0.39, 0.29) is 18.4 Å². The molecule has 0 aromatic heterocycles. The number of rotatable bonds is 5. The monoisotopic (exact) mass is 384 g/mol. The minimum Gasteiger partial charge on any atom is -0.355 e. The molecule has 6 heteroatoms. The Morgan fingerprint density at radius 1 is 1.04 bits per heavy atom. The van der Waals surface area contributed by atoms with Gasteiger partial charge in [-0.3, -0.25) is 4.79 Å². The molecule has 2 aromatic carbocycles. The quantitative estimate of drug-likeness (QED) is 0.860. The number of benzene rings is 2. The van der Waals surface area contributed by atoms with Gasteiger partial charge in [0, 0.05) is 25.4 Å². The minimum absolute atomic E-state index is 0.146. The van der Waals surface area contributed by atoms with Crippen molar-refractivity contribution in [3.8, 4) is 0 Å². The van der Waals surface area contributed by atoms with Crippen LogP contribution in [-0.2, 0) is 14.8 Å². The SMILES string of the molecule is CN(CC(=O)NCC1CC2c3ccccc3C1c1ccccc12)S(C)(=O)=O. The molecule has 0 aliphatic heterocycles. The zero-order chi connectivity index (χ0) is 19.2. The lowest BCUT2D eigenvalue weighted by atomic mass is 9.59. The molecule has 2 aromatic rings. The van der Waals surface area contributed by atoms with Gasteiger partial charge in [0.1, 0.15) is 0 Å². The topological polar surface area (TPSA) is 66.5 Å². The second-order valence-corrected chi connectivity index (χ2v) is 9.70. The van der Waals surface area contributed by atoms with Crippen LogP contribution in [0.15, 0.2) is 48.5 Å². The number of amides is 1. The van der Waals surface area contributed by atoms with Gasteiger partial charge in [-0.2, -0.15) is 4.31 Å². The second-order valence-electron chi connectivity index (χ2n) is 7.61. The molecule has 27 heavy (non-hydrogen) atoms. The van der Waals surface area contributed by atoms with E-state index in [1.807, 2.05) is 0 Å². The maximum Gasteiger partial charge on any atom is 0.235 e. The minimum atomic E-state index is -3.36. The van der Waals surface area contributed by atoms with Gasteiger partial charge in [0.15, 0.2) is 0 Å². The van der Waals surface area contributed by atoms with Crippen molar-refractivity contribution in [2.45, 2.75) is 18.3 Å². The zero-order valence-electron chi connectivity index (χ0n) is 15.6. The van der Waals surface area contributed by atoms with E-state index in [0.717, 1.165) is 17.0 Å². The number of nitrogens with zero attached hydrogens (tertiary/aromatic N) is 1. The summed E-state index contributed by atoms with van der Waals surface area (Å²) >= 11 is 0. The number of carbonyl (C=O) groups is 1. The third-order valence-corrected chi connectivity index (χ3v) is 7.18. The Bertz CT molecular complexity index is 939. The molecule has 0 spiro atoms. The van der Waals surface area contributed by atoms with Gasteiger partial charge in [0.2, 0.25) is 15.9 Å². The molecule has 3 aliphatic carbocycles. The van der Waals surface area contributed by atoms with Gasteiger partial charge in [0.25, 0.3) is 0 Å². The summed E-state index contributed by atoms with van der Waals surface area (Å²) in [6.45, 7) is 0.410. The summed E-state index contributed by atoms with van der Waals surface area (Å²) in [5, 5.41) is 2.96. The molecule has 0 saturated carbocycles. The third-order valence-electron chi connectivity index (χ3n) is 5.92. The van der Waals surface area contributed by atoms with Crippen LogP contribution in [0.4, 0.5) is 0 Å². The molecular formula is C21H24N2O3S. The van der Waals surface area contributed by atoms with Crippen LogP contribution in [-0.4, -0.2) is 45.0 Å². The van der Waals surface area contributed by atoms with Crippen LogP contribution < -0.4 is 5.32 Å². The standard InChI is InChI=1S/C21H24N2O3S/c1-23(27(2,25)26)13-20(24)22-12-14-11-19-15-7-3-5-9-17(15)21(14)18-10-6-4-8-16(18)19/h3-10,14,19,21H,11-13H2,1-2H3,(H,22,24). The van der Waals surface area contributed by atoms with Crippen molar-refractivity contribution in [2.24, 2.45) is 5.92 Å². The van der Waals surface area contributed by atoms with E-state index in [0.29, 0.717) is 18.4 Å². The summed E-state index contributed by atoms with van der Waals surface area (Å²) in [5.74, 6) is 0.691. The molecule has 5 rings (SSSR count). The molecule has 0 saturated heterocycles. The Morgan fingerprint density at radius 3 is 2.07 bits per heavy atom. The number of hydrogen-bond acceptors (Lipinski definition) is 3. The van der Waals surface area contributed by atoms with Gasteiger partial charge >= 0.3 is 0 Å². The zero-order valence-corrected chi connectivity index (χ0v) is 16.4. The first kappa shape index (κ1) is 18.2. The molecule has 142 valence electrons. The summed E-state index contributed by atoms with van der Waals surface area (Å²) < 4.78 is 24.1. The fraction of sp³-hybridized carbons (Fsp3) is 0.381. The summed E-state index contributed by atoms with van der Waals surface area (Å²) in [5.41, 5.74) is 5.53. The lowest BCUT2D eigenvalue weighted by Crippen LogP contribution is -2.43. The van der Waals surface area contributed by atoms with Crippen LogP contribution in [0.5, 0.6) is 0 Å². The normalized spacial score (nSPS) is 23.0. The van der Waals surface area contributed by atoms with Gasteiger partial charge in [-0.05, 0) is 34.6 Å². The first-order valence-corrected chi connectivity index (χ1v) is 11.1. The second kappa shape index (κ2) is 6.77. The van der Waals surface area contributed by atoms with Crippen LogP contribution in [0.25, 0.3) is 0 Å². The van der Waals surface area contributed by atoms with Gasteiger partial charge in [0.05, 0.1) is 12.8 Å². The molecule has 0 fully saturated rings. The van der Waals surface area contributed by atoms with E-state index in [9.17, 15) is 13.2 Å². The Kier molecular flexibility index (Phi) is 4.56. The van der Waals surface area contributed by atoms with Crippen molar-refractivity contribution in [1.29, 1.82) is 0 Å². The average molecular weight is 385 g/mol. The molecule has 5 nitrogen and oxygen atoms in total. The highest BCUT2D eigenvalue weighted by Gasteiger charge is 2.42.